The van der Waals surface area contributed by atoms with Gasteiger partial charge in [0, 0.05) is 32.2 Å². The summed E-state index contributed by atoms with van der Waals surface area (Å²) >= 11 is 0. The molecule has 2 heterocycles. The van der Waals surface area contributed by atoms with Gasteiger partial charge < -0.3 is 20.4 Å². The van der Waals surface area contributed by atoms with Crippen molar-refractivity contribution in [3.8, 4) is 0 Å². The fourth-order valence-corrected chi connectivity index (χ4v) is 2.83. The predicted molar refractivity (Wildman–Crippen MR) is 81.0 cm³/mol. The number of nitrogens with zero attached hydrogens (tertiary/aromatic N) is 2. The highest BCUT2D eigenvalue weighted by atomic mass is 16.2. The van der Waals surface area contributed by atoms with Crippen LogP contribution in [0.3, 0.4) is 0 Å². The number of anilines is 2. The van der Waals surface area contributed by atoms with Gasteiger partial charge in [-0.1, -0.05) is 12.1 Å². The summed E-state index contributed by atoms with van der Waals surface area (Å²) in [6, 6.07) is 8.28. The van der Waals surface area contributed by atoms with Crippen LogP contribution in [-0.4, -0.2) is 61.0 Å². The second kappa shape index (κ2) is 5.32. The molecular weight excluding hydrogens is 252 g/mol. The second-order valence-electron chi connectivity index (χ2n) is 5.74. The molecule has 1 amide bonds. The van der Waals surface area contributed by atoms with E-state index in [1.807, 2.05) is 29.2 Å². The maximum Gasteiger partial charge on any atom is 0.247 e. The minimum Gasteiger partial charge on any atom is -0.381 e. The van der Waals surface area contributed by atoms with Gasteiger partial charge in [0.1, 0.15) is 6.04 Å². The number of para-hydroxylation sites is 2. The molecule has 1 saturated heterocycles. The molecule has 1 aromatic carbocycles. The van der Waals surface area contributed by atoms with Crippen molar-refractivity contribution in [1.29, 1.82) is 0 Å². The monoisotopic (exact) mass is 274 g/mol. The van der Waals surface area contributed by atoms with Gasteiger partial charge >= 0.3 is 0 Å². The number of amides is 1. The summed E-state index contributed by atoms with van der Waals surface area (Å²) in [5.41, 5.74) is 2.09. The van der Waals surface area contributed by atoms with E-state index < -0.39 is 0 Å². The minimum atomic E-state index is -0.166. The lowest BCUT2D eigenvalue weighted by molar-refractivity contribution is -0.134. The first-order valence-electron chi connectivity index (χ1n) is 7.23. The lowest BCUT2D eigenvalue weighted by Gasteiger charge is -2.40. The van der Waals surface area contributed by atoms with Gasteiger partial charge in [0.05, 0.1) is 11.4 Å². The fraction of sp³-hybridized carbons (Fsp3) is 0.533. The molecule has 2 aliphatic heterocycles. The Morgan fingerprint density at radius 1 is 1.25 bits per heavy atom. The van der Waals surface area contributed by atoms with Crippen molar-refractivity contribution < 1.29 is 4.79 Å². The third-order valence-corrected chi connectivity index (χ3v) is 4.32. The number of rotatable bonds is 1. The molecule has 1 aromatic rings. The van der Waals surface area contributed by atoms with Crippen molar-refractivity contribution in [2.75, 3.05) is 43.9 Å². The Morgan fingerprint density at radius 2 is 2.00 bits per heavy atom. The smallest absolute Gasteiger partial charge is 0.247 e. The highest BCUT2D eigenvalue weighted by Gasteiger charge is 2.31. The molecule has 2 unspecified atom stereocenters. The first-order chi connectivity index (χ1) is 9.65. The van der Waals surface area contributed by atoms with Crippen LogP contribution in [0.15, 0.2) is 24.3 Å². The number of hydrogen-bond acceptors (Lipinski definition) is 4. The van der Waals surface area contributed by atoms with E-state index in [1.54, 1.807) is 0 Å². The molecule has 5 heteroatoms. The number of hydrogen-bond donors (Lipinski definition) is 2. The Hall–Kier alpha value is -1.75. The number of nitrogens with one attached hydrogen (secondary N) is 2. The van der Waals surface area contributed by atoms with E-state index in [9.17, 15) is 4.79 Å². The number of carbonyl (C=O) groups is 1. The average molecular weight is 274 g/mol. The molecule has 0 radical (unpaired) electrons. The first-order valence-corrected chi connectivity index (χ1v) is 7.23. The Bertz CT molecular complexity index is 504. The Balaban J connectivity index is 1.67. The molecule has 2 atom stereocenters. The van der Waals surface area contributed by atoms with Crippen LogP contribution in [0.2, 0.25) is 0 Å². The maximum atomic E-state index is 12.6. The molecule has 0 bridgehead atoms. The van der Waals surface area contributed by atoms with Crippen molar-refractivity contribution in [2.45, 2.75) is 19.0 Å². The van der Waals surface area contributed by atoms with Crippen LogP contribution in [0.25, 0.3) is 0 Å². The quantitative estimate of drug-likeness (QED) is 0.804. The largest absolute Gasteiger partial charge is 0.381 e. The average Bonchev–Trinajstić information content (AvgIpc) is 2.49. The number of fused-ring (bicyclic) bond motifs is 1. The molecule has 108 valence electrons. The standard InChI is InChI=1S/C15H22N4O/c1-11-10-19(8-7-18(11)2)15(20)14-9-16-12-5-3-4-6-13(12)17-14/h3-6,11,14,16-17H,7-10H2,1-2H3. The molecule has 2 N–H and O–H groups in total. The number of likely N-dealkylation sites (N-methyl/N-ethyl adjacent to an activating group) is 1. The number of carbonyl (C=O) groups excluding carboxylic acids is 1. The van der Waals surface area contributed by atoms with E-state index in [-0.39, 0.29) is 11.9 Å². The van der Waals surface area contributed by atoms with Crippen LogP contribution >= 0.6 is 0 Å². The van der Waals surface area contributed by atoms with E-state index in [0.29, 0.717) is 12.6 Å². The molecule has 0 aromatic heterocycles. The lowest BCUT2D eigenvalue weighted by atomic mass is 10.1. The molecule has 0 aliphatic carbocycles. The summed E-state index contributed by atoms with van der Waals surface area (Å²) < 4.78 is 0. The summed E-state index contributed by atoms with van der Waals surface area (Å²) in [7, 11) is 2.11. The maximum absolute atomic E-state index is 12.6. The highest BCUT2D eigenvalue weighted by molar-refractivity contribution is 5.88. The van der Waals surface area contributed by atoms with Gasteiger partial charge in [0.2, 0.25) is 5.91 Å². The summed E-state index contributed by atoms with van der Waals surface area (Å²) in [5, 5.41) is 6.69. The lowest BCUT2D eigenvalue weighted by Crippen LogP contribution is -2.56. The van der Waals surface area contributed by atoms with E-state index in [1.165, 1.54) is 0 Å². The summed E-state index contributed by atoms with van der Waals surface area (Å²) in [5.74, 6) is 0.201. The summed E-state index contributed by atoms with van der Waals surface area (Å²) in [6.07, 6.45) is 0. The van der Waals surface area contributed by atoms with Gasteiger partial charge in [-0.3, -0.25) is 4.79 Å². The van der Waals surface area contributed by atoms with E-state index in [0.717, 1.165) is 31.0 Å². The fourth-order valence-electron chi connectivity index (χ4n) is 2.83. The molecule has 0 saturated carbocycles. The van der Waals surface area contributed by atoms with E-state index in [4.69, 9.17) is 0 Å². The van der Waals surface area contributed by atoms with Crippen LogP contribution in [0, 0.1) is 0 Å². The number of benzene rings is 1. The van der Waals surface area contributed by atoms with E-state index in [2.05, 4.69) is 29.5 Å². The molecule has 0 spiro atoms. The Morgan fingerprint density at radius 3 is 2.75 bits per heavy atom. The zero-order valence-corrected chi connectivity index (χ0v) is 12.1. The zero-order valence-electron chi connectivity index (χ0n) is 12.1. The third kappa shape index (κ3) is 2.45. The Labute approximate surface area is 119 Å². The molecule has 1 fully saturated rings. The third-order valence-electron chi connectivity index (χ3n) is 4.32. The second-order valence-corrected chi connectivity index (χ2v) is 5.74. The first kappa shape index (κ1) is 13.2. The van der Waals surface area contributed by atoms with E-state index >= 15 is 0 Å². The molecular formula is C15H22N4O. The topological polar surface area (TPSA) is 47.6 Å². The molecule has 3 rings (SSSR count). The van der Waals surface area contributed by atoms with Crippen LogP contribution in [0.4, 0.5) is 11.4 Å². The van der Waals surface area contributed by atoms with Gasteiger partial charge in [0.15, 0.2) is 0 Å². The SMILES string of the molecule is CC1CN(C(=O)C2CNc3ccccc3N2)CCN1C. The van der Waals surface area contributed by atoms with Crippen LogP contribution in [0.1, 0.15) is 6.92 Å². The van der Waals surface area contributed by atoms with Gasteiger partial charge in [0.25, 0.3) is 0 Å². The van der Waals surface area contributed by atoms with Crippen LogP contribution < -0.4 is 10.6 Å². The molecule has 5 nitrogen and oxygen atoms in total. The summed E-state index contributed by atoms with van der Waals surface area (Å²) in [4.78, 5) is 16.9. The highest BCUT2D eigenvalue weighted by Crippen LogP contribution is 2.26. The van der Waals surface area contributed by atoms with Crippen molar-refractivity contribution in [1.82, 2.24) is 9.80 Å². The molecule has 20 heavy (non-hydrogen) atoms. The Kier molecular flexibility index (Phi) is 3.53. The van der Waals surface area contributed by atoms with Crippen molar-refractivity contribution in [3.63, 3.8) is 0 Å². The van der Waals surface area contributed by atoms with Crippen molar-refractivity contribution >= 4 is 17.3 Å². The zero-order chi connectivity index (χ0) is 14.1. The number of piperazine rings is 1. The van der Waals surface area contributed by atoms with Gasteiger partial charge in [-0.2, -0.15) is 0 Å². The summed E-state index contributed by atoms with van der Waals surface area (Å²) in [6.45, 7) is 5.40. The van der Waals surface area contributed by atoms with Gasteiger partial charge in [-0.15, -0.1) is 0 Å². The molecule has 2 aliphatic rings. The van der Waals surface area contributed by atoms with Crippen molar-refractivity contribution in [3.05, 3.63) is 24.3 Å². The van der Waals surface area contributed by atoms with Gasteiger partial charge in [-0.25, -0.2) is 0 Å². The van der Waals surface area contributed by atoms with Crippen molar-refractivity contribution in [2.24, 2.45) is 0 Å². The normalized spacial score (nSPS) is 26.4. The van der Waals surface area contributed by atoms with Gasteiger partial charge in [-0.05, 0) is 26.1 Å². The minimum absolute atomic E-state index is 0.166. The van der Waals surface area contributed by atoms with Crippen LogP contribution in [-0.2, 0) is 4.79 Å². The van der Waals surface area contributed by atoms with Crippen LogP contribution in [0.5, 0.6) is 0 Å². The predicted octanol–water partition coefficient (Wildman–Crippen LogP) is 1.06.